The zero-order valence-electron chi connectivity index (χ0n) is 17.3. The van der Waals surface area contributed by atoms with E-state index >= 15 is 0 Å². The molecule has 0 N–H and O–H groups in total. The fourth-order valence-electron chi connectivity index (χ4n) is 2.92. The summed E-state index contributed by atoms with van der Waals surface area (Å²) < 4.78 is 32.1. The third-order valence-electron chi connectivity index (χ3n) is 4.74. The van der Waals surface area contributed by atoms with Gasteiger partial charge < -0.3 is 9.64 Å². The monoisotopic (exact) mass is 410 g/mol. The molecule has 28 heavy (non-hydrogen) atoms. The van der Waals surface area contributed by atoms with E-state index in [4.69, 9.17) is 4.74 Å². The number of carbonyl (C=O) groups excluding carboxylic acids is 2. The average molecular weight is 411 g/mol. The smallest absolute Gasteiger partial charge is 0.306 e. The van der Waals surface area contributed by atoms with Gasteiger partial charge in [0.25, 0.3) is 5.91 Å². The number of amides is 1. The standard InChI is InChI=1S/C20H30N2O5S/c1-15-6-7-17(12-16(15)2)28(25,26)22-10-8-21(9-11-22)18(23)14-27-19(24)13-20(3,4)5/h6-7,12H,8-11,13-14H2,1-5H3. The van der Waals surface area contributed by atoms with E-state index in [2.05, 4.69) is 0 Å². The maximum Gasteiger partial charge on any atom is 0.306 e. The maximum atomic E-state index is 12.8. The Morgan fingerprint density at radius 3 is 2.18 bits per heavy atom. The molecule has 1 fully saturated rings. The van der Waals surface area contributed by atoms with E-state index in [-0.39, 0.29) is 55.4 Å². The van der Waals surface area contributed by atoms with Crippen LogP contribution in [0.5, 0.6) is 0 Å². The predicted molar refractivity (Wildman–Crippen MR) is 106 cm³/mol. The Kier molecular flexibility index (Phi) is 6.88. The number of esters is 1. The second-order valence-electron chi connectivity index (χ2n) is 8.43. The highest BCUT2D eigenvalue weighted by molar-refractivity contribution is 7.89. The van der Waals surface area contributed by atoms with Crippen LogP contribution in [0, 0.1) is 19.3 Å². The van der Waals surface area contributed by atoms with Crippen LogP contribution < -0.4 is 0 Å². The van der Waals surface area contributed by atoms with Crippen molar-refractivity contribution in [3.05, 3.63) is 29.3 Å². The maximum absolute atomic E-state index is 12.8. The first-order valence-electron chi connectivity index (χ1n) is 9.41. The van der Waals surface area contributed by atoms with Crippen LogP contribution in [0.1, 0.15) is 38.3 Å². The molecular formula is C20H30N2O5S. The SMILES string of the molecule is Cc1ccc(S(=O)(=O)N2CCN(C(=O)COC(=O)CC(C)(C)C)CC2)cc1C. The van der Waals surface area contributed by atoms with Crippen molar-refractivity contribution in [2.75, 3.05) is 32.8 Å². The summed E-state index contributed by atoms with van der Waals surface area (Å²) >= 11 is 0. The van der Waals surface area contributed by atoms with Crippen molar-refractivity contribution in [3.63, 3.8) is 0 Å². The molecule has 0 atom stereocenters. The van der Waals surface area contributed by atoms with Crippen LogP contribution in [-0.2, 0) is 24.3 Å². The molecule has 8 heteroatoms. The lowest BCUT2D eigenvalue weighted by Crippen LogP contribution is -2.51. The molecule has 7 nitrogen and oxygen atoms in total. The molecule has 1 saturated heterocycles. The van der Waals surface area contributed by atoms with Gasteiger partial charge in [0.1, 0.15) is 0 Å². The average Bonchev–Trinajstić information content (AvgIpc) is 2.60. The molecule has 0 aliphatic carbocycles. The summed E-state index contributed by atoms with van der Waals surface area (Å²) in [5.41, 5.74) is 1.76. The highest BCUT2D eigenvalue weighted by atomic mass is 32.2. The van der Waals surface area contributed by atoms with Crippen LogP contribution >= 0.6 is 0 Å². The molecule has 1 heterocycles. The number of hydrogen-bond donors (Lipinski definition) is 0. The van der Waals surface area contributed by atoms with Crippen molar-refractivity contribution in [1.82, 2.24) is 9.21 Å². The summed E-state index contributed by atoms with van der Waals surface area (Å²) in [7, 11) is -3.59. The number of benzene rings is 1. The second-order valence-corrected chi connectivity index (χ2v) is 10.4. The lowest BCUT2D eigenvalue weighted by Gasteiger charge is -2.34. The van der Waals surface area contributed by atoms with E-state index in [1.807, 2.05) is 34.6 Å². The highest BCUT2D eigenvalue weighted by Gasteiger charge is 2.30. The van der Waals surface area contributed by atoms with E-state index in [9.17, 15) is 18.0 Å². The minimum atomic E-state index is -3.59. The predicted octanol–water partition coefficient (Wildman–Crippen LogP) is 2.12. The van der Waals surface area contributed by atoms with E-state index in [0.717, 1.165) is 11.1 Å². The fraction of sp³-hybridized carbons (Fsp3) is 0.600. The van der Waals surface area contributed by atoms with Crippen molar-refractivity contribution in [3.8, 4) is 0 Å². The van der Waals surface area contributed by atoms with Crippen molar-refractivity contribution >= 4 is 21.9 Å². The minimum Gasteiger partial charge on any atom is -0.456 e. The molecule has 0 aromatic heterocycles. The van der Waals surface area contributed by atoms with Crippen LogP contribution in [0.15, 0.2) is 23.1 Å². The molecular weight excluding hydrogens is 380 g/mol. The van der Waals surface area contributed by atoms with Gasteiger partial charge in [-0.15, -0.1) is 0 Å². The van der Waals surface area contributed by atoms with Crippen LogP contribution in [-0.4, -0.2) is 62.3 Å². The number of sulfonamides is 1. The zero-order valence-corrected chi connectivity index (χ0v) is 18.1. The third kappa shape index (κ3) is 5.78. The molecule has 1 aromatic carbocycles. The van der Waals surface area contributed by atoms with E-state index in [0.29, 0.717) is 0 Å². The summed E-state index contributed by atoms with van der Waals surface area (Å²) in [5.74, 6) is -0.706. The molecule has 0 radical (unpaired) electrons. The van der Waals surface area contributed by atoms with E-state index < -0.39 is 16.0 Å². The molecule has 2 rings (SSSR count). The van der Waals surface area contributed by atoms with Gasteiger partial charge in [-0.2, -0.15) is 4.31 Å². The lowest BCUT2D eigenvalue weighted by molar-refractivity contribution is -0.154. The number of aryl methyl sites for hydroxylation is 2. The lowest BCUT2D eigenvalue weighted by atomic mass is 9.92. The van der Waals surface area contributed by atoms with Gasteiger partial charge in [-0.3, -0.25) is 9.59 Å². The number of hydrogen-bond acceptors (Lipinski definition) is 5. The Hall–Kier alpha value is -1.93. The number of rotatable bonds is 5. The van der Waals surface area contributed by atoms with Gasteiger partial charge in [0.2, 0.25) is 10.0 Å². The van der Waals surface area contributed by atoms with Gasteiger partial charge in [-0.1, -0.05) is 26.8 Å². The normalized spacial score (nSPS) is 16.1. The van der Waals surface area contributed by atoms with E-state index in [1.165, 1.54) is 9.21 Å². The van der Waals surface area contributed by atoms with Crippen LogP contribution in [0.2, 0.25) is 0 Å². The Morgan fingerprint density at radius 1 is 1.04 bits per heavy atom. The van der Waals surface area contributed by atoms with Gasteiger partial charge in [-0.25, -0.2) is 8.42 Å². The summed E-state index contributed by atoms with van der Waals surface area (Å²) in [6, 6.07) is 5.09. The molecule has 0 saturated carbocycles. The van der Waals surface area contributed by atoms with Gasteiger partial charge in [0.05, 0.1) is 11.3 Å². The third-order valence-corrected chi connectivity index (χ3v) is 6.63. The summed E-state index contributed by atoms with van der Waals surface area (Å²) in [5, 5.41) is 0. The zero-order chi connectivity index (χ0) is 21.1. The molecule has 1 amide bonds. The topological polar surface area (TPSA) is 84.0 Å². The van der Waals surface area contributed by atoms with E-state index in [1.54, 1.807) is 18.2 Å². The first kappa shape index (κ1) is 22.4. The van der Waals surface area contributed by atoms with Gasteiger partial charge in [-0.05, 0) is 42.5 Å². The molecule has 0 bridgehead atoms. The second kappa shape index (κ2) is 8.61. The fourth-order valence-corrected chi connectivity index (χ4v) is 4.43. The number of carbonyl (C=O) groups is 2. The number of ether oxygens (including phenoxy) is 1. The number of piperazine rings is 1. The van der Waals surface area contributed by atoms with Crippen LogP contribution in [0.25, 0.3) is 0 Å². The molecule has 1 aromatic rings. The van der Waals surface area contributed by atoms with Crippen molar-refractivity contribution in [2.45, 2.75) is 45.9 Å². The first-order valence-corrected chi connectivity index (χ1v) is 10.8. The summed E-state index contributed by atoms with van der Waals surface area (Å²) in [6.45, 7) is 10.3. The van der Waals surface area contributed by atoms with Crippen molar-refractivity contribution < 1.29 is 22.7 Å². The van der Waals surface area contributed by atoms with Crippen LogP contribution in [0.3, 0.4) is 0 Å². The molecule has 1 aliphatic rings. The quantitative estimate of drug-likeness (QED) is 0.694. The summed E-state index contributed by atoms with van der Waals surface area (Å²) in [4.78, 5) is 25.8. The molecule has 1 aliphatic heterocycles. The van der Waals surface area contributed by atoms with Crippen LogP contribution in [0.4, 0.5) is 0 Å². The Labute approximate surface area is 167 Å². The molecule has 0 spiro atoms. The van der Waals surface area contributed by atoms with Gasteiger partial charge in [0.15, 0.2) is 6.61 Å². The van der Waals surface area contributed by atoms with Gasteiger partial charge >= 0.3 is 5.97 Å². The van der Waals surface area contributed by atoms with Crippen molar-refractivity contribution in [1.29, 1.82) is 0 Å². The Morgan fingerprint density at radius 2 is 1.64 bits per heavy atom. The van der Waals surface area contributed by atoms with Crippen molar-refractivity contribution in [2.24, 2.45) is 5.41 Å². The molecule has 156 valence electrons. The van der Waals surface area contributed by atoms with Gasteiger partial charge in [0, 0.05) is 26.2 Å². The summed E-state index contributed by atoms with van der Waals surface area (Å²) in [6.07, 6.45) is 0.238. The number of nitrogens with zero attached hydrogens (tertiary/aromatic N) is 2. The first-order chi connectivity index (χ1) is 12.9. The highest BCUT2D eigenvalue weighted by Crippen LogP contribution is 2.21. The Bertz CT molecular complexity index is 835. The Balaban J connectivity index is 1.90. The molecule has 0 unspecified atom stereocenters. The largest absolute Gasteiger partial charge is 0.456 e. The minimum absolute atomic E-state index is 0.200.